The maximum absolute atomic E-state index is 14.0. The molecule has 0 aliphatic carbocycles. The Bertz CT molecular complexity index is 1060. The Morgan fingerprint density at radius 2 is 2.14 bits per heavy atom. The highest BCUT2D eigenvalue weighted by Gasteiger charge is 2.31. The second kappa shape index (κ2) is 6.49. The predicted octanol–water partition coefficient (Wildman–Crippen LogP) is 2.33. The molecular weight excluding hydrogens is 359 g/mol. The van der Waals surface area contributed by atoms with Crippen LogP contribution in [0.1, 0.15) is 24.1 Å². The number of nitrogens with zero attached hydrogens (tertiary/aromatic N) is 3. The van der Waals surface area contributed by atoms with Crippen LogP contribution in [0.2, 0.25) is 0 Å². The molecule has 1 saturated heterocycles. The molecule has 4 heterocycles. The molecule has 2 aliphatic heterocycles. The van der Waals surface area contributed by atoms with Crippen molar-refractivity contribution in [2.45, 2.75) is 25.1 Å². The van der Waals surface area contributed by atoms with Crippen molar-refractivity contribution < 1.29 is 9.13 Å². The minimum Gasteiger partial charge on any atom is -0.487 e. The summed E-state index contributed by atoms with van der Waals surface area (Å²) in [5.74, 6) is 1.04. The summed E-state index contributed by atoms with van der Waals surface area (Å²) in [6.07, 6.45) is 3.49. The number of anilines is 1. The predicted molar refractivity (Wildman–Crippen MR) is 105 cm³/mol. The maximum Gasteiger partial charge on any atom is 0.166 e. The quantitative estimate of drug-likeness (QED) is 0.556. The van der Waals surface area contributed by atoms with E-state index in [2.05, 4.69) is 27.6 Å². The van der Waals surface area contributed by atoms with Gasteiger partial charge in [-0.15, -0.1) is 0 Å². The van der Waals surface area contributed by atoms with E-state index in [1.54, 1.807) is 16.8 Å². The highest BCUT2D eigenvalue weighted by atomic mass is 19.1. The van der Waals surface area contributed by atoms with Crippen molar-refractivity contribution in [2.24, 2.45) is 0 Å². The summed E-state index contributed by atoms with van der Waals surface area (Å²) in [7, 11) is 0. The van der Waals surface area contributed by atoms with Crippen LogP contribution in [-0.4, -0.2) is 39.8 Å². The molecule has 0 spiro atoms. The Kier molecular flexibility index (Phi) is 3.94. The zero-order valence-electron chi connectivity index (χ0n) is 15.4. The molecule has 7 nitrogen and oxygen atoms in total. The zero-order chi connectivity index (χ0) is 19.3. The van der Waals surface area contributed by atoms with Crippen LogP contribution >= 0.6 is 0 Å². The minimum absolute atomic E-state index is 0.0209. The number of ether oxygens (including phenoxy) is 1. The smallest absolute Gasteiger partial charge is 0.166 e. The molecule has 2 bridgehead atoms. The van der Waals surface area contributed by atoms with Crippen molar-refractivity contribution >= 4 is 17.2 Å². The summed E-state index contributed by atoms with van der Waals surface area (Å²) in [5, 5.41) is 14.5. The fraction of sp³-hybridized carbons (Fsp3) is 0.300. The lowest BCUT2D eigenvalue weighted by atomic mass is 10.1. The van der Waals surface area contributed by atoms with E-state index in [0.717, 1.165) is 23.4 Å². The van der Waals surface area contributed by atoms with Gasteiger partial charge in [0.05, 0.1) is 23.8 Å². The van der Waals surface area contributed by atoms with Crippen LogP contribution in [0.3, 0.4) is 0 Å². The first kappa shape index (κ1) is 17.0. The van der Waals surface area contributed by atoms with Crippen molar-refractivity contribution in [1.82, 2.24) is 25.2 Å². The first-order chi connectivity index (χ1) is 13.6. The van der Waals surface area contributed by atoms with E-state index in [4.69, 9.17) is 9.72 Å². The van der Waals surface area contributed by atoms with Gasteiger partial charge in [0.2, 0.25) is 0 Å². The molecule has 1 aromatic carbocycles. The number of fused-ring (bicyclic) bond motifs is 3. The van der Waals surface area contributed by atoms with Crippen molar-refractivity contribution in [3.8, 4) is 5.75 Å². The van der Waals surface area contributed by atoms with E-state index in [0.29, 0.717) is 23.8 Å². The Morgan fingerprint density at radius 3 is 3.04 bits per heavy atom. The summed E-state index contributed by atoms with van der Waals surface area (Å²) in [4.78, 5) is 4.70. The second-order valence-electron chi connectivity index (χ2n) is 7.23. The number of halogens is 1. The first-order valence-electron chi connectivity index (χ1n) is 9.32. The van der Waals surface area contributed by atoms with Gasteiger partial charge in [-0.25, -0.2) is 13.9 Å². The topological polar surface area (TPSA) is 75.5 Å². The first-order valence-corrected chi connectivity index (χ1v) is 9.32. The third-order valence-electron chi connectivity index (χ3n) is 5.29. The summed E-state index contributed by atoms with van der Waals surface area (Å²) < 4.78 is 22.0. The number of rotatable bonds is 0. The molecule has 2 aromatic heterocycles. The molecule has 2 aliphatic rings. The summed E-state index contributed by atoms with van der Waals surface area (Å²) >= 11 is 0. The number of nitrogens with one attached hydrogen (secondary N) is 3. The largest absolute Gasteiger partial charge is 0.487 e. The van der Waals surface area contributed by atoms with Gasteiger partial charge in [0.15, 0.2) is 5.65 Å². The number of hydrogen-bond donors (Lipinski definition) is 3. The second-order valence-corrected chi connectivity index (χ2v) is 7.23. The Balaban J connectivity index is 1.64. The Labute approximate surface area is 161 Å². The van der Waals surface area contributed by atoms with Gasteiger partial charge in [0.25, 0.3) is 0 Å². The average molecular weight is 380 g/mol. The van der Waals surface area contributed by atoms with E-state index in [1.807, 2.05) is 19.2 Å². The summed E-state index contributed by atoms with van der Waals surface area (Å²) in [6.45, 7) is 7.59. The van der Waals surface area contributed by atoms with Crippen LogP contribution in [0.15, 0.2) is 43.2 Å². The highest BCUT2D eigenvalue weighted by Crippen LogP contribution is 2.31. The lowest BCUT2D eigenvalue weighted by Crippen LogP contribution is -2.41. The highest BCUT2D eigenvalue weighted by molar-refractivity contribution is 5.74. The summed E-state index contributed by atoms with van der Waals surface area (Å²) in [5.41, 5.74) is 3.04. The van der Waals surface area contributed by atoms with Crippen LogP contribution in [0.5, 0.6) is 5.75 Å². The number of hydrogen-bond acceptors (Lipinski definition) is 6. The zero-order valence-corrected chi connectivity index (χ0v) is 15.4. The van der Waals surface area contributed by atoms with E-state index < -0.39 is 0 Å². The minimum atomic E-state index is -0.297. The number of benzene rings is 1. The van der Waals surface area contributed by atoms with E-state index in [1.165, 1.54) is 12.1 Å². The van der Waals surface area contributed by atoms with Crippen molar-refractivity contribution in [3.63, 3.8) is 0 Å². The Hall–Kier alpha value is -3.13. The molecule has 144 valence electrons. The van der Waals surface area contributed by atoms with Gasteiger partial charge in [-0.2, -0.15) is 5.10 Å². The normalized spacial score (nSPS) is 24.2. The molecule has 0 unspecified atom stereocenters. The molecule has 0 amide bonds. The van der Waals surface area contributed by atoms with Crippen LogP contribution in [0.4, 0.5) is 10.2 Å². The van der Waals surface area contributed by atoms with E-state index in [9.17, 15) is 4.39 Å². The third-order valence-corrected chi connectivity index (χ3v) is 5.29. The van der Waals surface area contributed by atoms with Gasteiger partial charge in [-0.1, -0.05) is 6.58 Å². The maximum atomic E-state index is 14.0. The molecular formula is C20H21FN6O. The molecule has 5 rings (SSSR count). The van der Waals surface area contributed by atoms with Gasteiger partial charge in [-0.05, 0) is 31.2 Å². The van der Waals surface area contributed by atoms with Crippen LogP contribution in [-0.2, 0) is 0 Å². The van der Waals surface area contributed by atoms with Gasteiger partial charge in [0, 0.05) is 30.5 Å². The molecule has 0 radical (unpaired) electrons. The van der Waals surface area contributed by atoms with Gasteiger partial charge < -0.3 is 20.7 Å². The lowest BCUT2D eigenvalue weighted by molar-refractivity contribution is 0.194. The van der Waals surface area contributed by atoms with E-state index >= 15 is 0 Å². The standard InChI is InChI=1S/C20H21FN6O/c1-11-14-7-13(21)3-4-17(14)28-18-10-22-9-16(18)24-12(2)15-8-23-27-6-5-19(25-11)26-20(15)27/h3-8,11,16,18,22,24H,2,9-10H2,1H3,(H,25,26)/t11-,16+,18+/m1/s1. The lowest BCUT2D eigenvalue weighted by Gasteiger charge is -2.25. The molecule has 1 fully saturated rings. The van der Waals surface area contributed by atoms with E-state index in [-0.39, 0.29) is 24.0 Å². The number of aromatic nitrogens is 3. The monoisotopic (exact) mass is 380 g/mol. The SMILES string of the molecule is C=C1N[C@H]2CNC[C@@H]2Oc2ccc(F)cc2[C@@H](C)Nc2ccn3ncc1c3n2. The van der Waals surface area contributed by atoms with Crippen molar-refractivity contribution in [2.75, 3.05) is 18.4 Å². The Morgan fingerprint density at radius 1 is 1.25 bits per heavy atom. The van der Waals surface area contributed by atoms with Gasteiger partial charge >= 0.3 is 0 Å². The fourth-order valence-electron chi connectivity index (χ4n) is 3.81. The van der Waals surface area contributed by atoms with Crippen LogP contribution < -0.4 is 20.7 Å². The van der Waals surface area contributed by atoms with Crippen molar-refractivity contribution in [3.05, 3.63) is 60.2 Å². The molecule has 3 atom stereocenters. The average Bonchev–Trinajstić information content (AvgIpc) is 3.29. The van der Waals surface area contributed by atoms with Crippen molar-refractivity contribution in [1.29, 1.82) is 0 Å². The summed E-state index contributed by atoms with van der Waals surface area (Å²) in [6, 6.07) is 6.30. The van der Waals surface area contributed by atoms with Gasteiger partial charge in [-0.3, -0.25) is 0 Å². The fourth-order valence-corrected chi connectivity index (χ4v) is 3.81. The van der Waals surface area contributed by atoms with Gasteiger partial charge in [0.1, 0.15) is 23.5 Å². The molecule has 8 heteroatoms. The molecule has 28 heavy (non-hydrogen) atoms. The molecule has 3 aromatic rings. The third kappa shape index (κ3) is 2.86. The van der Waals surface area contributed by atoms with Crippen LogP contribution in [0.25, 0.3) is 11.3 Å². The van der Waals surface area contributed by atoms with Crippen LogP contribution in [0, 0.1) is 5.82 Å². The molecule has 3 N–H and O–H groups in total. The molecule has 0 saturated carbocycles.